The van der Waals surface area contributed by atoms with Gasteiger partial charge < -0.3 is 19.4 Å². The van der Waals surface area contributed by atoms with Crippen molar-refractivity contribution in [3.63, 3.8) is 0 Å². The molecule has 7 nitrogen and oxygen atoms in total. The molecule has 1 saturated heterocycles. The van der Waals surface area contributed by atoms with Gasteiger partial charge in [0.1, 0.15) is 11.6 Å². The molecule has 1 aromatic carbocycles. The van der Waals surface area contributed by atoms with Gasteiger partial charge in [-0.3, -0.25) is 0 Å². The van der Waals surface area contributed by atoms with Gasteiger partial charge in [0.25, 0.3) is 0 Å². The molecular weight excluding hydrogens is 342 g/mol. The number of nitrogens with one attached hydrogen (secondary N) is 1. The van der Waals surface area contributed by atoms with E-state index in [0.29, 0.717) is 6.04 Å². The first-order valence-corrected chi connectivity index (χ1v) is 9.10. The van der Waals surface area contributed by atoms with E-state index in [1.54, 1.807) is 13.4 Å². The third kappa shape index (κ3) is 3.93. The molecule has 0 radical (unpaired) electrons. The van der Waals surface area contributed by atoms with Crippen molar-refractivity contribution in [2.45, 2.75) is 25.8 Å². The quantitative estimate of drug-likeness (QED) is 0.748. The van der Waals surface area contributed by atoms with Crippen molar-refractivity contribution in [2.24, 2.45) is 0 Å². The highest BCUT2D eigenvalue weighted by Gasteiger charge is 2.14. The molecule has 1 N–H and O–H groups in total. The maximum Gasteiger partial charge on any atom is 0.148 e. The van der Waals surface area contributed by atoms with Crippen molar-refractivity contribution in [1.29, 1.82) is 0 Å². The van der Waals surface area contributed by atoms with Gasteiger partial charge in [-0.05, 0) is 44.0 Å². The van der Waals surface area contributed by atoms with Crippen LogP contribution in [-0.4, -0.2) is 46.1 Å². The van der Waals surface area contributed by atoms with Crippen molar-refractivity contribution < 1.29 is 9.47 Å². The number of rotatable bonds is 5. The van der Waals surface area contributed by atoms with Gasteiger partial charge in [-0.25, -0.2) is 4.98 Å². The second kappa shape index (κ2) is 7.75. The Morgan fingerprint density at radius 3 is 2.67 bits per heavy atom. The van der Waals surface area contributed by atoms with E-state index in [2.05, 4.69) is 20.5 Å². The van der Waals surface area contributed by atoms with E-state index in [-0.39, 0.29) is 0 Å². The minimum atomic E-state index is 0.400. The molecule has 0 unspecified atom stereocenters. The van der Waals surface area contributed by atoms with Crippen LogP contribution >= 0.6 is 0 Å². The van der Waals surface area contributed by atoms with Crippen LogP contribution in [0.25, 0.3) is 16.9 Å². The van der Waals surface area contributed by atoms with Gasteiger partial charge in [0, 0.05) is 31.0 Å². The van der Waals surface area contributed by atoms with Crippen LogP contribution in [0, 0.1) is 6.92 Å². The third-order valence-corrected chi connectivity index (χ3v) is 4.70. The van der Waals surface area contributed by atoms with Gasteiger partial charge in [-0.1, -0.05) is 6.07 Å². The Morgan fingerprint density at radius 1 is 1.15 bits per heavy atom. The molecule has 0 bridgehead atoms. The molecular formula is C20H23N5O2. The molecule has 1 aliphatic rings. The fourth-order valence-corrected chi connectivity index (χ4v) is 3.22. The molecule has 27 heavy (non-hydrogen) atoms. The Hall–Kier alpha value is -2.93. The number of hydrogen-bond acceptors (Lipinski definition) is 6. The second-order valence-electron chi connectivity index (χ2n) is 6.64. The Bertz CT molecular complexity index is 901. The van der Waals surface area contributed by atoms with E-state index in [1.807, 2.05) is 48.0 Å². The third-order valence-electron chi connectivity index (χ3n) is 4.70. The van der Waals surface area contributed by atoms with Gasteiger partial charge in [-0.2, -0.15) is 0 Å². The van der Waals surface area contributed by atoms with E-state index in [1.165, 1.54) is 0 Å². The van der Waals surface area contributed by atoms with Crippen LogP contribution in [0.2, 0.25) is 0 Å². The molecule has 0 saturated carbocycles. The number of imidazole rings is 1. The summed E-state index contributed by atoms with van der Waals surface area (Å²) in [5.41, 5.74) is 3.66. The lowest BCUT2D eigenvalue weighted by Crippen LogP contribution is -2.28. The first-order valence-electron chi connectivity index (χ1n) is 9.10. The minimum Gasteiger partial charge on any atom is -0.495 e. The summed E-state index contributed by atoms with van der Waals surface area (Å²) in [5, 5.41) is 12.1. The lowest BCUT2D eigenvalue weighted by Gasteiger charge is -2.23. The molecule has 0 aliphatic carbocycles. The molecule has 0 atom stereocenters. The summed E-state index contributed by atoms with van der Waals surface area (Å²) < 4.78 is 12.9. The van der Waals surface area contributed by atoms with E-state index in [4.69, 9.17) is 9.47 Å². The van der Waals surface area contributed by atoms with Gasteiger partial charge in [0.05, 0.1) is 30.5 Å². The number of aryl methyl sites for hydroxylation is 1. The smallest absolute Gasteiger partial charge is 0.148 e. The number of benzene rings is 1. The number of nitrogens with zero attached hydrogens (tertiary/aromatic N) is 4. The average molecular weight is 365 g/mol. The molecule has 4 rings (SSSR count). The van der Waals surface area contributed by atoms with E-state index < -0.39 is 0 Å². The summed E-state index contributed by atoms with van der Waals surface area (Å²) in [6, 6.07) is 10.3. The highest BCUT2D eigenvalue weighted by atomic mass is 16.5. The van der Waals surface area contributed by atoms with Crippen molar-refractivity contribution in [2.75, 3.05) is 25.6 Å². The number of aromatic nitrogens is 4. The second-order valence-corrected chi connectivity index (χ2v) is 6.64. The Labute approximate surface area is 158 Å². The first-order chi connectivity index (χ1) is 13.2. The van der Waals surface area contributed by atoms with Crippen LogP contribution in [-0.2, 0) is 4.74 Å². The predicted molar refractivity (Wildman–Crippen MR) is 103 cm³/mol. The standard InChI is InChI=1S/C20H23N5O2/c1-14-12-25(13-21-14)18-5-3-15(11-19(18)26-2)17-4-6-20(24-23-17)22-16-7-9-27-10-8-16/h3-6,11-13,16H,7-10H2,1-2H3,(H,22,24). The fourth-order valence-electron chi connectivity index (χ4n) is 3.22. The Balaban J connectivity index is 1.54. The molecule has 1 aliphatic heterocycles. The molecule has 0 spiro atoms. The van der Waals surface area contributed by atoms with Crippen LogP contribution < -0.4 is 10.1 Å². The topological polar surface area (TPSA) is 74.1 Å². The van der Waals surface area contributed by atoms with Crippen LogP contribution in [0.15, 0.2) is 42.9 Å². The zero-order valence-corrected chi connectivity index (χ0v) is 15.6. The SMILES string of the molecule is COc1cc(-c2ccc(NC3CCOCC3)nn2)ccc1-n1cnc(C)c1. The monoisotopic (exact) mass is 365 g/mol. The van der Waals surface area contributed by atoms with Crippen molar-refractivity contribution in [3.05, 3.63) is 48.5 Å². The molecule has 3 aromatic rings. The summed E-state index contributed by atoms with van der Waals surface area (Å²) in [6.45, 7) is 3.56. The average Bonchev–Trinajstić information content (AvgIpc) is 3.15. The van der Waals surface area contributed by atoms with E-state index >= 15 is 0 Å². The van der Waals surface area contributed by atoms with Crippen molar-refractivity contribution in [3.8, 4) is 22.7 Å². The minimum absolute atomic E-state index is 0.400. The maximum absolute atomic E-state index is 5.57. The Morgan fingerprint density at radius 2 is 2.00 bits per heavy atom. The largest absolute Gasteiger partial charge is 0.495 e. The fraction of sp³-hybridized carbons (Fsp3) is 0.350. The lowest BCUT2D eigenvalue weighted by molar-refractivity contribution is 0.0903. The van der Waals surface area contributed by atoms with Crippen LogP contribution in [0.4, 0.5) is 5.82 Å². The molecule has 7 heteroatoms. The van der Waals surface area contributed by atoms with Gasteiger partial charge in [0.15, 0.2) is 0 Å². The van der Waals surface area contributed by atoms with Gasteiger partial charge in [0.2, 0.25) is 0 Å². The normalized spacial score (nSPS) is 14.9. The zero-order chi connectivity index (χ0) is 18.6. The number of methoxy groups -OCH3 is 1. The molecule has 3 heterocycles. The maximum atomic E-state index is 5.57. The number of anilines is 1. The van der Waals surface area contributed by atoms with Crippen molar-refractivity contribution in [1.82, 2.24) is 19.7 Å². The van der Waals surface area contributed by atoms with Gasteiger partial charge in [-0.15, -0.1) is 10.2 Å². The molecule has 1 fully saturated rings. The molecule has 0 amide bonds. The van der Waals surface area contributed by atoms with Gasteiger partial charge >= 0.3 is 0 Å². The highest BCUT2D eigenvalue weighted by molar-refractivity contribution is 5.65. The van der Waals surface area contributed by atoms with Crippen LogP contribution in [0.1, 0.15) is 18.5 Å². The highest BCUT2D eigenvalue weighted by Crippen LogP contribution is 2.29. The van der Waals surface area contributed by atoms with Crippen LogP contribution in [0.5, 0.6) is 5.75 Å². The van der Waals surface area contributed by atoms with E-state index in [9.17, 15) is 0 Å². The first kappa shape index (κ1) is 17.5. The summed E-state index contributed by atoms with van der Waals surface area (Å²) in [6.07, 6.45) is 5.74. The zero-order valence-electron chi connectivity index (χ0n) is 15.6. The number of hydrogen-bond donors (Lipinski definition) is 1. The van der Waals surface area contributed by atoms with E-state index in [0.717, 1.165) is 60.3 Å². The summed E-state index contributed by atoms with van der Waals surface area (Å²) in [7, 11) is 1.67. The predicted octanol–water partition coefficient (Wildman–Crippen LogP) is 3.24. The Kier molecular flexibility index (Phi) is 5.02. The van der Waals surface area contributed by atoms with Crippen molar-refractivity contribution >= 4 is 5.82 Å². The summed E-state index contributed by atoms with van der Waals surface area (Å²) in [5.74, 6) is 1.55. The molecule has 140 valence electrons. The number of ether oxygens (including phenoxy) is 2. The summed E-state index contributed by atoms with van der Waals surface area (Å²) >= 11 is 0. The van der Waals surface area contributed by atoms with Crippen LogP contribution in [0.3, 0.4) is 0 Å². The lowest BCUT2D eigenvalue weighted by atomic mass is 10.1. The molecule has 2 aromatic heterocycles. The summed E-state index contributed by atoms with van der Waals surface area (Å²) in [4.78, 5) is 4.28.